The summed E-state index contributed by atoms with van der Waals surface area (Å²) in [5.41, 5.74) is 1.17. The molecule has 0 radical (unpaired) electrons. The van der Waals surface area contributed by atoms with E-state index in [-0.39, 0.29) is 6.04 Å². The highest BCUT2D eigenvalue weighted by Crippen LogP contribution is 2.23. The Kier molecular flexibility index (Phi) is 3.43. The van der Waals surface area contributed by atoms with Gasteiger partial charge in [-0.05, 0) is 31.0 Å². The van der Waals surface area contributed by atoms with Crippen molar-refractivity contribution in [3.63, 3.8) is 0 Å². The molecule has 18 heavy (non-hydrogen) atoms. The lowest BCUT2D eigenvalue weighted by Gasteiger charge is -2.01. The lowest BCUT2D eigenvalue weighted by atomic mass is 10.1. The van der Waals surface area contributed by atoms with Crippen LogP contribution in [0.5, 0.6) is 0 Å². The molecule has 0 amide bonds. The molecule has 4 nitrogen and oxygen atoms in total. The first-order valence-corrected chi connectivity index (χ1v) is 6.91. The molecule has 2 aromatic rings. The number of aromatic nitrogens is 2. The van der Waals surface area contributed by atoms with Gasteiger partial charge in [0.1, 0.15) is 0 Å². The lowest BCUT2D eigenvalue weighted by Crippen LogP contribution is -2.13. The van der Waals surface area contributed by atoms with Crippen molar-refractivity contribution in [2.45, 2.75) is 25.3 Å². The zero-order chi connectivity index (χ0) is 12.4. The van der Waals surface area contributed by atoms with E-state index < -0.39 is 0 Å². The topological polar surface area (TPSA) is 51.0 Å². The minimum Gasteiger partial charge on any atom is -0.338 e. The molecule has 5 heteroatoms. The summed E-state index contributed by atoms with van der Waals surface area (Å²) in [5.74, 6) is 1.46. The minimum absolute atomic E-state index is 0.241. The van der Waals surface area contributed by atoms with Crippen molar-refractivity contribution in [1.82, 2.24) is 15.5 Å². The Labute approximate surface area is 114 Å². The van der Waals surface area contributed by atoms with E-state index in [9.17, 15) is 0 Å². The Bertz CT molecular complexity index is 535. The summed E-state index contributed by atoms with van der Waals surface area (Å²) < 4.78 is 6.40. The number of benzene rings is 1. The van der Waals surface area contributed by atoms with E-state index in [2.05, 4.69) is 37.5 Å². The second-order valence-electron chi connectivity index (χ2n) is 4.47. The molecule has 1 aliphatic heterocycles. The first-order valence-electron chi connectivity index (χ1n) is 6.12. The average Bonchev–Trinajstić information content (AvgIpc) is 3.02. The van der Waals surface area contributed by atoms with Crippen LogP contribution in [0.15, 0.2) is 33.3 Å². The number of hydrogen-bond acceptors (Lipinski definition) is 4. The molecule has 1 aromatic heterocycles. The molecular weight excluding hydrogens is 294 g/mol. The molecule has 0 spiro atoms. The van der Waals surface area contributed by atoms with Crippen molar-refractivity contribution < 1.29 is 4.52 Å². The molecule has 1 atom stereocenters. The fourth-order valence-corrected chi connectivity index (χ4v) is 2.61. The first kappa shape index (κ1) is 11.9. The van der Waals surface area contributed by atoms with Gasteiger partial charge in [0.25, 0.3) is 0 Å². The second kappa shape index (κ2) is 5.20. The van der Waals surface area contributed by atoms with Gasteiger partial charge >= 0.3 is 0 Å². The van der Waals surface area contributed by atoms with Crippen LogP contribution in [0, 0.1) is 0 Å². The summed E-state index contributed by atoms with van der Waals surface area (Å²) in [6.07, 6.45) is 2.95. The number of nitrogens with one attached hydrogen (secondary N) is 1. The number of nitrogens with zero attached hydrogens (tertiary/aromatic N) is 2. The fraction of sp³-hybridized carbons (Fsp3) is 0.385. The molecule has 0 unspecified atom stereocenters. The van der Waals surface area contributed by atoms with E-state index in [0.717, 1.165) is 29.2 Å². The molecule has 3 rings (SSSR count). The highest BCUT2D eigenvalue weighted by Gasteiger charge is 2.22. The van der Waals surface area contributed by atoms with Gasteiger partial charge in [-0.1, -0.05) is 39.3 Å². The number of halogens is 1. The molecule has 1 saturated heterocycles. The minimum atomic E-state index is 0.241. The van der Waals surface area contributed by atoms with Gasteiger partial charge in [-0.2, -0.15) is 4.98 Å². The maximum Gasteiger partial charge on any atom is 0.243 e. The largest absolute Gasteiger partial charge is 0.338 e. The summed E-state index contributed by atoms with van der Waals surface area (Å²) >= 11 is 3.53. The molecule has 0 aliphatic carbocycles. The van der Waals surface area contributed by atoms with Crippen molar-refractivity contribution in [1.29, 1.82) is 0 Å². The monoisotopic (exact) mass is 307 g/mol. The summed E-state index contributed by atoms with van der Waals surface area (Å²) in [7, 11) is 0. The third-order valence-electron chi connectivity index (χ3n) is 3.15. The number of rotatable bonds is 3. The maximum atomic E-state index is 5.32. The molecule has 94 valence electrons. The van der Waals surface area contributed by atoms with E-state index in [1.807, 2.05) is 18.2 Å². The second-order valence-corrected chi connectivity index (χ2v) is 5.32. The van der Waals surface area contributed by atoms with Crippen LogP contribution in [0.25, 0.3) is 0 Å². The fourth-order valence-electron chi connectivity index (χ4n) is 2.19. The smallest absolute Gasteiger partial charge is 0.243 e. The highest BCUT2D eigenvalue weighted by atomic mass is 79.9. The molecule has 1 N–H and O–H groups in total. The lowest BCUT2D eigenvalue weighted by molar-refractivity contribution is 0.341. The summed E-state index contributed by atoms with van der Waals surface area (Å²) in [6.45, 7) is 1.03. The van der Waals surface area contributed by atoms with E-state index in [1.54, 1.807) is 0 Å². The molecule has 0 saturated carbocycles. The Morgan fingerprint density at radius 3 is 3.06 bits per heavy atom. The SMILES string of the molecule is Brc1ccccc1Cc1noc([C@@H]2CCCN2)n1. The normalized spacial score (nSPS) is 19.3. The van der Waals surface area contributed by atoms with E-state index in [0.29, 0.717) is 6.42 Å². The van der Waals surface area contributed by atoms with Gasteiger partial charge in [0.05, 0.1) is 6.04 Å². The van der Waals surface area contributed by atoms with Crippen LogP contribution in [0.3, 0.4) is 0 Å². The van der Waals surface area contributed by atoms with Gasteiger partial charge < -0.3 is 9.84 Å². The molecule has 1 fully saturated rings. The summed E-state index contributed by atoms with van der Waals surface area (Å²) in [6, 6.07) is 8.34. The van der Waals surface area contributed by atoms with Gasteiger partial charge in [0.15, 0.2) is 5.82 Å². The highest BCUT2D eigenvalue weighted by molar-refractivity contribution is 9.10. The van der Waals surface area contributed by atoms with Crippen molar-refractivity contribution in [2.75, 3.05) is 6.54 Å². The predicted molar refractivity (Wildman–Crippen MR) is 71.2 cm³/mol. The van der Waals surface area contributed by atoms with E-state index >= 15 is 0 Å². The number of hydrogen-bond donors (Lipinski definition) is 1. The van der Waals surface area contributed by atoms with Gasteiger partial charge in [-0.3, -0.25) is 0 Å². The van der Waals surface area contributed by atoms with Crippen molar-refractivity contribution >= 4 is 15.9 Å². The van der Waals surface area contributed by atoms with Crippen molar-refractivity contribution in [2.24, 2.45) is 0 Å². The predicted octanol–water partition coefficient (Wildman–Crippen LogP) is 2.85. The molecule has 0 bridgehead atoms. The van der Waals surface area contributed by atoms with Crippen LogP contribution in [0.2, 0.25) is 0 Å². The zero-order valence-corrected chi connectivity index (χ0v) is 11.5. The zero-order valence-electron chi connectivity index (χ0n) is 9.90. The van der Waals surface area contributed by atoms with Gasteiger partial charge in [0.2, 0.25) is 5.89 Å². The van der Waals surface area contributed by atoms with Gasteiger partial charge in [-0.25, -0.2) is 0 Å². The van der Waals surface area contributed by atoms with Crippen LogP contribution in [-0.2, 0) is 6.42 Å². The Balaban J connectivity index is 1.75. The van der Waals surface area contributed by atoms with Crippen molar-refractivity contribution in [3.8, 4) is 0 Å². The standard InChI is InChI=1S/C13H14BrN3O/c14-10-5-2-1-4-9(10)8-12-16-13(18-17-12)11-6-3-7-15-11/h1-2,4-5,11,15H,3,6-8H2/t11-/m0/s1. The molecular formula is C13H14BrN3O. The average molecular weight is 308 g/mol. The van der Waals surface area contributed by atoms with Crippen LogP contribution in [-0.4, -0.2) is 16.7 Å². The van der Waals surface area contributed by atoms with Gasteiger partial charge in [0, 0.05) is 10.9 Å². The third-order valence-corrected chi connectivity index (χ3v) is 3.92. The Hall–Kier alpha value is -1.20. The van der Waals surface area contributed by atoms with Crippen LogP contribution in [0.1, 0.15) is 36.2 Å². The van der Waals surface area contributed by atoms with Crippen LogP contribution < -0.4 is 5.32 Å². The van der Waals surface area contributed by atoms with Crippen molar-refractivity contribution in [3.05, 3.63) is 46.0 Å². The Morgan fingerprint density at radius 2 is 2.28 bits per heavy atom. The van der Waals surface area contributed by atoms with Gasteiger partial charge in [-0.15, -0.1) is 0 Å². The third kappa shape index (κ3) is 2.47. The summed E-state index contributed by atoms with van der Waals surface area (Å²) in [4.78, 5) is 4.47. The van der Waals surface area contributed by atoms with E-state index in [4.69, 9.17) is 4.52 Å². The molecule has 1 aliphatic rings. The first-order chi connectivity index (χ1) is 8.83. The van der Waals surface area contributed by atoms with Crippen LogP contribution >= 0.6 is 15.9 Å². The van der Waals surface area contributed by atoms with E-state index in [1.165, 1.54) is 12.0 Å². The summed E-state index contributed by atoms with van der Waals surface area (Å²) in [5, 5.41) is 7.41. The molecule has 2 heterocycles. The van der Waals surface area contributed by atoms with Crippen LogP contribution in [0.4, 0.5) is 0 Å². The molecule has 1 aromatic carbocycles. The maximum absolute atomic E-state index is 5.32. The Morgan fingerprint density at radius 1 is 1.39 bits per heavy atom. The quantitative estimate of drug-likeness (QED) is 0.947.